The fourth-order valence-electron chi connectivity index (χ4n) is 0.749. The lowest BCUT2D eigenvalue weighted by Crippen LogP contribution is -2.19. The number of ether oxygens (including phenoxy) is 1. The monoisotopic (exact) mass is 170 g/mol. The fourth-order valence-corrected chi connectivity index (χ4v) is 0.749. The third kappa shape index (κ3) is 4.94. The Labute approximate surface area is 74.6 Å². The van der Waals surface area contributed by atoms with Gasteiger partial charge >= 0.3 is 5.97 Å². The van der Waals surface area contributed by atoms with Crippen LogP contribution in [0.25, 0.3) is 0 Å². The van der Waals surface area contributed by atoms with Crippen LogP contribution in [0.5, 0.6) is 0 Å². The summed E-state index contributed by atoms with van der Waals surface area (Å²) in [6, 6.07) is 0. The van der Waals surface area contributed by atoms with Gasteiger partial charge in [0.05, 0.1) is 12.5 Å². The molecule has 0 fully saturated rings. The first-order valence-electron chi connectivity index (χ1n) is 4.20. The Balaban J connectivity index is 3.92. The zero-order valence-corrected chi connectivity index (χ0v) is 8.39. The van der Waals surface area contributed by atoms with Crippen LogP contribution in [-0.4, -0.2) is 12.1 Å². The highest BCUT2D eigenvalue weighted by Crippen LogP contribution is 2.21. The van der Waals surface area contributed by atoms with E-state index in [0.29, 0.717) is 6.42 Å². The average molecular weight is 170 g/mol. The van der Waals surface area contributed by atoms with Gasteiger partial charge in [-0.05, 0) is 19.3 Å². The molecule has 0 atom stereocenters. The second kappa shape index (κ2) is 4.29. The topological polar surface area (TPSA) is 26.3 Å². The van der Waals surface area contributed by atoms with Crippen LogP contribution in [0.1, 0.15) is 34.1 Å². The van der Waals surface area contributed by atoms with E-state index in [0.717, 1.165) is 0 Å². The molecule has 2 heteroatoms. The van der Waals surface area contributed by atoms with Gasteiger partial charge in [0.1, 0.15) is 0 Å². The maximum Gasteiger partial charge on any atom is 0.306 e. The van der Waals surface area contributed by atoms with Crippen LogP contribution in [0, 0.1) is 5.41 Å². The van der Waals surface area contributed by atoms with Gasteiger partial charge in [0.2, 0.25) is 0 Å². The summed E-state index contributed by atoms with van der Waals surface area (Å²) >= 11 is 0. The van der Waals surface area contributed by atoms with Crippen LogP contribution in [0.4, 0.5) is 0 Å². The highest BCUT2D eigenvalue weighted by molar-refractivity contribution is 5.70. The van der Waals surface area contributed by atoms with Gasteiger partial charge in [-0.2, -0.15) is 0 Å². The predicted molar refractivity (Wildman–Crippen MR) is 49.8 cm³/mol. The van der Waals surface area contributed by atoms with Crippen molar-refractivity contribution in [3.05, 3.63) is 12.7 Å². The molecule has 2 nitrogen and oxygen atoms in total. The van der Waals surface area contributed by atoms with Crippen molar-refractivity contribution in [3.8, 4) is 0 Å². The van der Waals surface area contributed by atoms with E-state index in [-0.39, 0.29) is 17.5 Å². The number of carbonyl (C=O) groups is 1. The molecule has 0 saturated heterocycles. The van der Waals surface area contributed by atoms with Crippen molar-refractivity contribution in [2.45, 2.75) is 40.2 Å². The molecule has 0 aromatic heterocycles. The van der Waals surface area contributed by atoms with Gasteiger partial charge in [0, 0.05) is 0 Å². The minimum absolute atomic E-state index is 0.0295. The maximum atomic E-state index is 11.2. The van der Waals surface area contributed by atoms with Crippen molar-refractivity contribution in [2.75, 3.05) is 0 Å². The maximum absolute atomic E-state index is 11.2. The summed E-state index contributed by atoms with van der Waals surface area (Å²) in [4.78, 5) is 11.2. The Kier molecular flexibility index (Phi) is 4.01. The van der Waals surface area contributed by atoms with Crippen molar-refractivity contribution >= 4 is 5.97 Å². The summed E-state index contributed by atoms with van der Waals surface area (Å²) in [5.41, 5.74) is -0.161. The van der Waals surface area contributed by atoms with Gasteiger partial charge in [-0.15, -0.1) is 6.58 Å². The molecule has 0 saturated carbocycles. The Morgan fingerprint density at radius 3 is 2.42 bits per heavy atom. The summed E-state index contributed by atoms with van der Waals surface area (Å²) in [6.07, 6.45) is 2.14. The lowest BCUT2D eigenvalue weighted by molar-refractivity contribution is -0.149. The second-order valence-electron chi connectivity index (χ2n) is 3.91. The molecule has 0 radical (unpaired) electrons. The highest BCUT2D eigenvalue weighted by atomic mass is 16.5. The number of hydrogen-bond acceptors (Lipinski definition) is 2. The Bertz CT molecular complexity index is 169. The quantitative estimate of drug-likeness (QED) is 0.478. The molecule has 0 bridgehead atoms. The van der Waals surface area contributed by atoms with Gasteiger partial charge < -0.3 is 4.74 Å². The summed E-state index contributed by atoms with van der Waals surface area (Å²) in [6.45, 7) is 11.3. The minimum atomic E-state index is -0.161. The van der Waals surface area contributed by atoms with E-state index in [1.54, 1.807) is 6.08 Å². The summed E-state index contributed by atoms with van der Waals surface area (Å²) in [7, 11) is 0. The summed E-state index contributed by atoms with van der Waals surface area (Å²) in [5, 5.41) is 0. The first-order chi connectivity index (χ1) is 5.37. The van der Waals surface area contributed by atoms with E-state index in [9.17, 15) is 4.79 Å². The van der Waals surface area contributed by atoms with E-state index >= 15 is 0 Å². The van der Waals surface area contributed by atoms with Crippen molar-refractivity contribution < 1.29 is 9.53 Å². The Hall–Kier alpha value is -0.790. The first-order valence-corrected chi connectivity index (χ1v) is 4.20. The normalized spacial score (nSPS) is 11.4. The SMILES string of the molecule is C=CC(C)(C)CC(=O)OC(C)C. The van der Waals surface area contributed by atoms with Gasteiger partial charge in [-0.3, -0.25) is 4.79 Å². The molecule has 0 unspecified atom stereocenters. The zero-order chi connectivity index (χ0) is 9.78. The molecule has 12 heavy (non-hydrogen) atoms. The predicted octanol–water partition coefficient (Wildman–Crippen LogP) is 2.54. The molecule has 0 aliphatic carbocycles. The molecule has 0 aliphatic rings. The van der Waals surface area contributed by atoms with Crippen LogP contribution in [0.3, 0.4) is 0 Å². The van der Waals surface area contributed by atoms with E-state index < -0.39 is 0 Å². The molecule has 0 amide bonds. The van der Waals surface area contributed by atoms with Crippen LogP contribution < -0.4 is 0 Å². The zero-order valence-electron chi connectivity index (χ0n) is 8.39. The standard InChI is InChI=1S/C10H18O2/c1-6-10(4,5)7-9(11)12-8(2)3/h6,8H,1,7H2,2-5H3. The van der Waals surface area contributed by atoms with Gasteiger partial charge in [0.15, 0.2) is 0 Å². The third-order valence-electron chi connectivity index (χ3n) is 1.52. The molecule has 0 N–H and O–H groups in total. The number of esters is 1. The molecule has 0 aliphatic heterocycles. The molecular formula is C10H18O2. The van der Waals surface area contributed by atoms with Crippen LogP contribution in [-0.2, 0) is 9.53 Å². The number of allylic oxidation sites excluding steroid dienone is 1. The molecule has 0 aromatic carbocycles. The van der Waals surface area contributed by atoms with Crippen LogP contribution >= 0.6 is 0 Å². The molecular weight excluding hydrogens is 152 g/mol. The van der Waals surface area contributed by atoms with E-state index in [1.807, 2.05) is 27.7 Å². The first kappa shape index (κ1) is 11.2. The molecule has 0 spiro atoms. The van der Waals surface area contributed by atoms with Gasteiger partial charge in [0.25, 0.3) is 0 Å². The van der Waals surface area contributed by atoms with Crippen LogP contribution in [0.15, 0.2) is 12.7 Å². The molecule has 0 rings (SSSR count). The van der Waals surface area contributed by atoms with Crippen LogP contribution in [0.2, 0.25) is 0 Å². The largest absolute Gasteiger partial charge is 0.463 e. The lowest BCUT2D eigenvalue weighted by atomic mass is 9.90. The minimum Gasteiger partial charge on any atom is -0.463 e. The number of rotatable bonds is 4. The number of carbonyl (C=O) groups excluding carboxylic acids is 1. The molecule has 0 heterocycles. The average Bonchev–Trinajstić information content (AvgIpc) is 1.84. The van der Waals surface area contributed by atoms with Crippen molar-refractivity contribution in [3.63, 3.8) is 0 Å². The smallest absolute Gasteiger partial charge is 0.306 e. The van der Waals surface area contributed by atoms with Crippen molar-refractivity contribution in [1.29, 1.82) is 0 Å². The van der Waals surface area contributed by atoms with Crippen molar-refractivity contribution in [2.24, 2.45) is 5.41 Å². The van der Waals surface area contributed by atoms with E-state index in [4.69, 9.17) is 4.74 Å². The highest BCUT2D eigenvalue weighted by Gasteiger charge is 2.19. The van der Waals surface area contributed by atoms with Crippen molar-refractivity contribution in [1.82, 2.24) is 0 Å². The molecule has 0 aromatic rings. The second-order valence-corrected chi connectivity index (χ2v) is 3.91. The van der Waals surface area contributed by atoms with Gasteiger partial charge in [-0.1, -0.05) is 19.9 Å². The Morgan fingerprint density at radius 2 is 2.08 bits per heavy atom. The molecule has 70 valence electrons. The fraction of sp³-hybridized carbons (Fsp3) is 0.700. The van der Waals surface area contributed by atoms with Gasteiger partial charge in [-0.25, -0.2) is 0 Å². The van der Waals surface area contributed by atoms with E-state index in [1.165, 1.54) is 0 Å². The Morgan fingerprint density at radius 1 is 1.58 bits per heavy atom. The third-order valence-corrected chi connectivity index (χ3v) is 1.52. The number of hydrogen-bond donors (Lipinski definition) is 0. The summed E-state index contributed by atoms with van der Waals surface area (Å²) in [5.74, 6) is -0.157. The summed E-state index contributed by atoms with van der Waals surface area (Å²) < 4.78 is 5.00. The lowest BCUT2D eigenvalue weighted by Gasteiger charge is -2.19. The van der Waals surface area contributed by atoms with E-state index in [2.05, 4.69) is 6.58 Å².